The van der Waals surface area contributed by atoms with Crippen LogP contribution in [0.5, 0.6) is 0 Å². The molecule has 11 rings (SSSR count). The summed E-state index contributed by atoms with van der Waals surface area (Å²) >= 11 is 0. The van der Waals surface area contributed by atoms with Gasteiger partial charge in [-0.15, -0.1) is 0 Å². The third kappa shape index (κ3) is 3.12. The Labute approximate surface area is 286 Å². The summed E-state index contributed by atoms with van der Waals surface area (Å²) in [6.07, 6.45) is 0. The second kappa shape index (κ2) is 9.69. The molecule has 8 aromatic rings. The predicted molar refractivity (Wildman–Crippen MR) is 201 cm³/mol. The van der Waals surface area contributed by atoms with E-state index in [1.54, 1.807) is 0 Å². The molecule has 1 heterocycles. The predicted octanol–water partition coefficient (Wildman–Crippen LogP) is 11.2. The van der Waals surface area contributed by atoms with Gasteiger partial charge in [0.25, 0.3) is 0 Å². The van der Waals surface area contributed by atoms with Gasteiger partial charge < -0.3 is 4.57 Å². The zero-order valence-electron chi connectivity index (χ0n) is 26.8. The summed E-state index contributed by atoms with van der Waals surface area (Å²) < 4.78 is 2.52. The van der Waals surface area contributed by atoms with Crippen LogP contribution in [0.15, 0.2) is 188 Å². The maximum atomic E-state index is 2.52. The van der Waals surface area contributed by atoms with Crippen LogP contribution in [0.1, 0.15) is 44.5 Å². The van der Waals surface area contributed by atoms with Gasteiger partial charge in [-0.3, -0.25) is 0 Å². The molecule has 3 aliphatic carbocycles. The average Bonchev–Trinajstić information content (AvgIpc) is 3.87. The quantitative estimate of drug-likeness (QED) is 0.185. The van der Waals surface area contributed by atoms with Crippen molar-refractivity contribution < 1.29 is 0 Å². The van der Waals surface area contributed by atoms with Gasteiger partial charge in [0, 0.05) is 22.2 Å². The van der Waals surface area contributed by atoms with Crippen molar-refractivity contribution in [3.63, 3.8) is 0 Å². The Morgan fingerprint density at radius 1 is 0.347 bits per heavy atom. The van der Waals surface area contributed by atoms with Gasteiger partial charge in [0.1, 0.15) is 0 Å². The number of allylic oxidation sites excluding steroid dienone is 2. The van der Waals surface area contributed by atoms with Crippen LogP contribution in [0.3, 0.4) is 0 Å². The summed E-state index contributed by atoms with van der Waals surface area (Å²) in [7, 11) is 0. The van der Waals surface area contributed by atoms with Crippen molar-refractivity contribution in [1.29, 1.82) is 0 Å². The molecule has 0 aliphatic heterocycles. The zero-order chi connectivity index (χ0) is 32.2. The number of fused-ring (bicyclic) bond motifs is 13. The van der Waals surface area contributed by atoms with Crippen LogP contribution in [0, 0.1) is 0 Å². The van der Waals surface area contributed by atoms with Crippen molar-refractivity contribution in [3.05, 3.63) is 233 Å². The molecule has 0 radical (unpaired) electrons. The summed E-state index contributed by atoms with van der Waals surface area (Å²) in [5.41, 5.74) is 17.5. The summed E-state index contributed by atoms with van der Waals surface area (Å²) in [5, 5.41) is 1.30. The lowest BCUT2D eigenvalue weighted by Gasteiger charge is -2.36. The summed E-state index contributed by atoms with van der Waals surface area (Å²) in [5.74, 6) is 0. The lowest BCUT2D eigenvalue weighted by molar-refractivity contribution is 0.809. The van der Waals surface area contributed by atoms with Crippen LogP contribution >= 0.6 is 0 Å². The number of benzene rings is 7. The van der Waals surface area contributed by atoms with E-state index in [-0.39, 0.29) is 0 Å². The molecular weight excluding hydrogens is 591 g/mol. The molecule has 3 aliphatic rings. The standard InChI is InChI=1S/C48H31N/c1-4-18-32(19-5-1)47(33-20-6-2-7-21-33)39-28-14-10-24-35(39)44-43(47)36-25-11-15-29-40(36)48(44)41-30-16-12-26-37(41)46-45(48)38-27-13-17-31-42(38)49(46)34-22-8-3-9-23-34/h1-31H/t48-/m1/s1. The van der Waals surface area contributed by atoms with Crippen LogP contribution in [0.2, 0.25) is 0 Å². The van der Waals surface area contributed by atoms with Crippen molar-refractivity contribution in [1.82, 2.24) is 4.57 Å². The number of hydrogen-bond acceptors (Lipinski definition) is 0. The lowest BCUT2D eigenvalue weighted by atomic mass is 9.65. The molecule has 0 fully saturated rings. The lowest BCUT2D eigenvalue weighted by Crippen LogP contribution is -2.29. The normalized spacial score (nSPS) is 17.6. The highest BCUT2D eigenvalue weighted by Crippen LogP contribution is 2.73. The van der Waals surface area contributed by atoms with Gasteiger partial charge in [-0.1, -0.05) is 170 Å². The first-order valence-electron chi connectivity index (χ1n) is 17.2. The molecule has 7 aromatic carbocycles. The number of hydrogen-bond donors (Lipinski definition) is 0. The minimum Gasteiger partial charge on any atom is -0.309 e. The maximum Gasteiger partial charge on any atom is 0.0750 e. The highest BCUT2D eigenvalue weighted by Gasteiger charge is 2.62. The fourth-order valence-electron chi connectivity index (χ4n) is 9.93. The van der Waals surface area contributed by atoms with Gasteiger partial charge >= 0.3 is 0 Å². The van der Waals surface area contributed by atoms with Crippen LogP contribution in [0.25, 0.3) is 39.0 Å². The third-order valence-corrected chi connectivity index (χ3v) is 11.5. The van der Waals surface area contributed by atoms with Crippen LogP contribution in [-0.4, -0.2) is 4.57 Å². The third-order valence-electron chi connectivity index (χ3n) is 11.5. The second-order valence-corrected chi connectivity index (χ2v) is 13.5. The second-order valence-electron chi connectivity index (χ2n) is 13.5. The molecule has 0 amide bonds. The molecule has 228 valence electrons. The summed E-state index contributed by atoms with van der Waals surface area (Å²) in [6, 6.07) is 70.1. The van der Waals surface area contributed by atoms with E-state index in [0.29, 0.717) is 0 Å². The Morgan fingerprint density at radius 2 is 0.776 bits per heavy atom. The van der Waals surface area contributed by atoms with E-state index < -0.39 is 10.8 Å². The van der Waals surface area contributed by atoms with Gasteiger partial charge in [0.2, 0.25) is 0 Å². The van der Waals surface area contributed by atoms with Crippen molar-refractivity contribution in [2.75, 3.05) is 0 Å². The van der Waals surface area contributed by atoms with E-state index in [0.717, 1.165) is 0 Å². The van der Waals surface area contributed by atoms with Gasteiger partial charge in [-0.2, -0.15) is 0 Å². The van der Waals surface area contributed by atoms with Crippen LogP contribution < -0.4 is 0 Å². The molecule has 0 unspecified atom stereocenters. The van der Waals surface area contributed by atoms with Crippen molar-refractivity contribution in [2.45, 2.75) is 10.8 Å². The number of rotatable bonds is 3. The molecule has 1 nitrogen and oxygen atoms in total. The van der Waals surface area contributed by atoms with E-state index in [1.165, 1.54) is 83.5 Å². The number of para-hydroxylation sites is 2. The maximum absolute atomic E-state index is 2.52. The van der Waals surface area contributed by atoms with Crippen molar-refractivity contribution in [3.8, 4) is 16.9 Å². The fourth-order valence-corrected chi connectivity index (χ4v) is 9.93. The highest BCUT2D eigenvalue weighted by molar-refractivity contribution is 6.19. The number of nitrogens with zero attached hydrogens (tertiary/aromatic N) is 1. The molecule has 1 aromatic heterocycles. The van der Waals surface area contributed by atoms with E-state index in [2.05, 4.69) is 193 Å². The van der Waals surface area contributed by atoms with E-state index in [1.807, 2.05) is 0 Å². The largest absolute Gasteiger partial charge is 0.309 e. The first-order valence-corrected chi connectivity index (χ1v) is 17.2. The molecule has 49 heavy (non-hydrogen) atoms. The van der Waals surface area contributed by atoms with Crippen LogP contribution in [-0.2, 0) is 10.8 Å². The minimum atomic E-state index is -0.515. The zero-order valence-corrected chi connectivity index (χ0v) is 26.8. The van der Waals surface area contributed by atoms with Crippen molar-refractivity contribution >= 4 is 22.0 Å². The Morgan fingerprint density at radius 3 is 1.39 bits per heavy atom. The first-order chi connectivity index (χ1) is 24.4. The van der Waals surface area contributed by atoms with Gasteiger partial charge in [-0.25, -0.2) is 0 Å². The van der Waals surface area contributed by atoms with Gasteiger partial charge in [-0.05, 0) is 68.3 Å². The average molecular weight is 622 g/mol. The minimum absolute atomic E-state index is 0.496. The Bertz CT molecular complexity index is 2600. The highest BCUT2D eigenvalue weighted by atomic mass is 15.0. The molecule has 0 saturated carbocycles. The van der Waals surface area contributed by atoms with E-state index in [4.69, 9.17) is 0 Å². The van der Waals surface area contributed by atoms with Crippen LogP contribution in [0.4, 0.5) is 0 Å². The molecule has 0 saturated heterocycles. The Kier molecular flexibility index (Phi) is 5.31. The van der Waals surface area contributed by atoms with Gasteiger partial charge in [0.05, 0.1) is 22.0 Å². The fraction of sp³-hybridized carbons (Fsp3) is 0.0417. The first kappa shape index (κ1) is 26.8. The number of aromatic nitrogens is 1. The van der Waals surface area contributed by atoms with E-state index >= 15 is 0 Å². The molecule has 0 N–H and O–H groups in total. The molecule has 1 heteroatoms. The molecule has 0 bridgehead atoms. The van der Waals surface area contributed by atoms with Gasteiger partial charge in [0.15, 0.2) is 0 Å². The Hall–Kier alpha value is -6.18. The van der Waals surface area contributed by atoms with Crippen molar-refractivity contribution in [2.24, 2.45) is 0 Å². The monoisotopic (exact) mass is 621 g/mol. The van der Waals surface area contributed by atoms with E-state index in [9.17, 15) is 0 Å². The summed E-state index contributed by atoms with van der Waals surface area (Å²) in [4.78, 5) is 0. The molecular formula is C48H31N. The molecule has 1 spiro atoms. The Balaban J connectivity index is 1.40. The molecule has 1 atom stereocenters. The smallest absolute Gasteiger partial charge is 0.0750 e. The summed E-state index contributed by atoms with van der Waals surface area (Å²) in [6.45, 7) is 0. The SMILES string of the molecule is c1ccc(-n2c3c(c4ccccc42)[C@@]2(C4=C(c5ccccc52)C(c2ccccc2)(c2ccccc2)c2ccccc24)c2ccccc2-3)cc1. The topological polar surface area (TPSA) is 4.93 Å².